The molecule has 4 rings (SSSR count). The molecule has 0 atom stereocenters. The number of hydrogen-bond acceptors (Lipinski definition) is 3. The minimum absolute atomic E-state index is 0.926. The van der Waals surface area contributed by atoms with Crippen LogP contribution in [0.3, 0.4) is 0 Å². The molecule has 0 aliphatic carbocycles. The third kappa shape index (κ3) is 4.25. The highest BCUT2D eigenvalue weighted by molar-refractivity contribution is 5.85. The van der Waals surface area contributed by atoms with Gasteiger partial charge in [-0.2, -0.15) is 0 Å². The minimum Gasteiger partial charge on any atom is -0.321 e. The maximum atomic E-state index is 4.62. The van der Waals surface area contributed by atoms with Crippen LogP contribution in [0.15, 0.2) is 84.7 Å². The van der Waals surface area contributed by atoms with Gasteiger partial charge in [0.15, 0.2) is 0 Å². The molecule has 4 aromatic rings. The fraction of sp³-hybridized carbons (Fsp3) is 0.222. The molecule has 0 amide bonds. The zero-order chi connectivity index (χ0) is 22.7. The van der Waals surface area contributed by atoms with Gasteiger partial charge in [0, 0.05) is 38.6 Å². The Morgan fingerprint density at radius 2 is 1.84 bits per heavy atom. The number of hydrazine groups is 1. The SMILES string of the molecule is C=C(C)/C(C)=C(\NNC)c1ccnc(-c2cn(CCc3cccc4ccccc34)n2C)c1. The summed E-state index contributed by atoms with van der Waals surface area (Å²) in [5, 5.41) is 2.63. The number of hydrogen-bond donors (Lipinski definition) is 2. The van der Waals surface area contributed by atoms with Crippen LogP contribution in [0, 0.1) is 0 Å². The van der Waals surface area contributed by atoms with Crippen LogP contribution in [0.2, 0.25) is 0 Å². The van der Waals surface area contributed by atoms with Crippen molar-refractivity contribution in [3.8, 4) is 11.4 Å². The fourth-order valence-electron chi connectivity index (χ4n) is 4.03. The van der Waals surface area contributed by atoms with Gasteiger partial charge >= 0.3 is 0 Å². The average molecular weight is 426 g/mol. The second kappa shape index (κ2) is 9.28. The number of allylic oxidation sites excluding steroid dienone is 2. The molecular weight excluding hydrogens is 394 g/mol. The van der Waals surface area contributed by atoms with Crippen LogP contribution < -0.4 is 10.9 Å². The Labute approximate surface area is 190 Å². The molecule has 0 saturated heterocycles. The molecule has 2 heterocycles. The quantitative estimate of drug-likeness (QED) is 0.297. The van der Waals surface area contributed by atoms with Crippen LogP contribution >= 0.6 is 0 Å². The van der Waals surface area contributed by atoms with Gasteiger partial charge in [-0.3, -0.25) is 14.3 Å². The number of rotatable bonds is 8. The number of fused-ring (bicyclic) bond motifs is 1. The van der Waals surface area contributed by atoms with Crippen molar-refractivity contribution in [1.29, 1.82) is 0 Å². The third-order valence-electron chi connectivity index (χ3n) is 6.07. The summed E-state index contributed by atoms with van der Waals surface area (Å²) in [6, 6.07) is 19.3. The van der Waals surface area contributed by atoms with Crippen molar-refractivity contribution in [3.05, 3.63) is 95.8 Å². The summed E-state index contributed by atoms with van der Waals surface area (Å²) in [5.74, 6) is 0. The van der Waals surface area contributed by atoms with Crippen molar-refractivity contribution < 1.29 is 0 Å². The smallest absolute Gasteiger partial charge is 0.100 e. The second-order valence-electron chi connectivity index (χ2n) is 8.17. The summed E-state index contributed by atoms with van der Waals surface area (Å²) in [6.07, 6.45) is 5.03. The normalized spacial score (nSPS) is 12.1. The molecule has 0 fully saturated rings. The highest BCUT2D eigenvalue weighted by atomic mass is 15.4. The molecule has 0 saturated carbocycles. The highest BCUT2D eigenvalue weighted by Crippen LogP contribution is 2.26. The predicted octanol–water partition coefficient (Wildman–Crippen LogP) is 5.32. The average Bonchev–Trinajstić information content (AvgIpc) is 2.81. The summed E-state index contributed by atoms with van der Waals surface area (Å²) in [5.41, 5.74) is 14.0. The number of aryl methyl sites for hydroxylation is 2. The molecule has 2 aromatic heterocycles. The fourth-order valence-corrected chi connectivity index (χ4v) is 4.03. The van der Waals surface area contributed by atoms with Gasteiger partial charge in [0.25, 0.3) is 0 Å². The molecule has 0 radical (unpaired) electrons. The lowest BCUT2D eigenvalue weighted by molar-refractivity contribution is 0.463. The van der Waals surface area contributed by atoms with Crippen LogP contribution in [0.5, 0.6) is 0 Å². The Balaban J connectivity index is 1.55. The van der Waals surface area contributed by atoms with E-state index < -0.39 is 0 Å². The standard InChI is InChI=1S/C27H31N5/c1-19(2)20(3)27(30-28-4)23-13-15-29-25(17-23)26-18-32(31(26)5)16-14-22-11-8-10-21-9-6-7-12-24(21)22/h6-13,15,17-18,28,30H,1,14,16H2,2-5H3/b27-20-. The summed E-state index contributed by atoms with van der Waals surface area (Å²) >= 11 is 0. The predicted molar refractivity (Wildman–Crippen MR) is 134 cm³/mol. The largest absolute Gasteiger partial charge is 0.321 e. The lowest BCUT2D eigenvalue weighted by Crippen LogP contribution is -2.27. The van der Waals surface area contributed by atoms with E-state index in [2.05, 4.69) is 100 Å². The lowest BCUT2D eigenvalue weighted by atomic mass is 10.0. The van der Waals surface area contributed by atoms with Crippen LogP contribution in [0.1, 0.15) is 25.0 Å². The number of nitrogens with one attached hydrogen (secondary N) is 2. The van der Waals surface area contributed by atoms with Crippen molar-refractivity contribution in [3.63, 3.8) is 0 Å². The van der Waals surface area contributed by atoms with Gasteiger partial charge in [0.2, 0.25) is 0 Å². The van der Waals surface area contributed by atoms with E-state index in [-0.39, 0.29) is 0 Å². The molecule has 0 aliphatic heterocycles. The van der Waals surface area contributed by atoms with E-state index in [0.29, 0.717) is 0 Å². The van der Waals surface area contributed by atoms with Crippen LogP contribution in [0.25, 0.3) is 27.9 Å². The molecule has 0 aliphatic rings. The van der Waals surface area contributed by atoms with Crippen LogP contribution in [-0.4, -0.2) is 21.4 Å². The summed E-state index contributed by atoms with van der Waals surface area (Å²) in [6.45, 7) is 9.11. The third-order valence-corrected chi connectivity index (χ3v) is 6.07. The molecule has 2 aromatic carbocycles. The first-order valence-corrected chi connectivity index (χ1v) is 10.9. The molecule has 0 unspecified atom stereocenters. The van der Waals surface area contributed by atoms with E-state index >= 15 is 0 Å². The molecule has 0 spiro atoms. The Hall–Kier alpha value is -3.57. The maximum Gasteiger partial charge on any atom is 0.100 e. The summed E-state index contributed by atoms with van der Waals surface area (Å²) in [7, 11) is 3.96. The summed E-state index contributed by atoms with van der Waals surface area (Å²) in [4.78, 5) is 4.62. The van der Waals surface area contributed by atoms with E-state index in [1.54, 1.807) is 0 Å². The first-order valence-electron chi connectivity index (χ1n) is 10.9. The van der Waals surface area contributed by atoms with E-state index in [9.17, 15) is 0 Å². The van der Waals surface area contributed by atoms with Crippen LogP contribution in [0.4, 0.5) is 0 Å². The zero-order valence-electron chi connectivity index (χ0n) is 19.3. The van der Waals surface area contributed by atoms with Gasteiger partial charge in [0.05, 0.1) is 11.4 Å². The second-order valence-corrected chi connectivity index (χ2v) is 8.17. The Morgan fingerprint density at radius 1 is 1.06 bits per heavy atom. The number of nitrogens with zero attached hydrogens (tertiary/aromatic N) is 3. The Bertz CT molecular complexity index is 1280. The molecule has 0 bridgehead atoms. The minimum atomic E-state index is 0.926. The van der Waals surface area contributed by atoms with Gasteiger partial charge < -0.3 is 5.43 Å². The number of pyridine rings is 1. The van der Waals surface area contributed by atoms with E-state index in [1.807, 2.05) is 26.2 Å². The monoisotopic (exact) mass is 425 g/mol. The highest BCUT2D eigenvalue weighted by Gasteiger charge is 2.14. The first kappa shape index (κ1) is 21.7. The maximum absolute atomic E-state index is 4.62. The van der Waals surface area contributed by atoms with Gasteiger partial charge in [-0.25, -0.2) is 5.43 Å². The van der Waals surface area contributed by atoms with Gasteiger partial charge in [-0.1, -0.05) is 54.6 Å². The van der Waals surface area contributed by atoms with E-state index in [4.69, 9.17) is 0 Å². The van der Waals surface area contributed by atoms with E-state index in [0.717, 1.165) is 46.8 Å². The Morgan fingerprint density at radius 3 is 2.59 bits per heavy atom. The molecule has 5 heteroatoms. The molecule has 164 valence electrons. The number of aromatic nitrogens is 3. The van der Waals surface area contributed by atoms with Crippen molar-refractivity contribution in [2.45, 2.75) is 26.8 Å². The van der Waals surface area contributed by atoms with Gasteiger partial charge in [-0.15, -0.1) is 0 Å². The van der Waals surface area contributed by atoms with Gasteiger partial charge in [-0.05, 0) is 54.3 Å². The number of benzene rings is 2. The van der Waals surface area contributed by atoms with Crippen molar-refractivity contribution >= 4 is 16.5 Å². The molecule has 32 heavy (non-hydrogen) atoms. The van der Waals surface area contributed by atoms with Crippen molar-refractivity contribution in [2.75, 3.05) is 7.05 Å². The van der Waals surface area contributed by atoms with Crippen molar-refractivity contribution in [1.82, 2.24) is 25.2 Å². The Kier molecular flexibility index (Phi) is 6.28. The van der Waals surface area contributed by atoms with Crippen LogP contribution in [-0.2, 0) is 20.0 Å². The van der Waals surface area contributed by atoms with Gasteiger partial charge in [0.1, 0.15) is 5.69 Å². The molecule has 5 nitrogen and oxygen atoms in total. The molecule has 2 N–H and O–H groups in total. The lowest BCUT2D eigenvalue weighted by Gasteiger charge is -2.24. The van der Waals surface area contributed by atoms with E-state index in [1.165, 1.54) is 16.3 Å². The molecular formula is C27H31N5. The van der Waals surface area contributed by atoms with Crippen molar-refractivity contribution in [2.24, 2.45) is 7.05 Å². The zero-order valence-corrected chi connectivity index (χ0v) is 19.3. The first-order chi connectivity index (χ1) is 15.5. The topological polar surface area (TPSA) is 46.8 Å². The summed E-state index contributed by atoms with van der Waals surface area (Å²) < 4.78 is 4.42.